The minimum Gasteiger partial charge on any atom is -0.507 e. The molecule has 2 N–H and O–H groups in total. The van der Waals surface area contributed by atoms with Gasteiger partial charge in [-0.3, -0.25) is 4.79 Å². The van der Waals surface area contributed by atoms with E-state index in [1.807, 2.05) is 13.0 Å². The number of hydrogen-bond donors (Lipinski definition) is 2. The summed E-state index contributed by atoms with van der Waals surface area (Å²) in [5.74, 6) is -0.641. The number of aromatic hydroxyl groups is 1. The van der Waals surface area contributed by atoms with Crippen molar-refractivity contribution >= 4 is 11.6 Å². The van der Waals surface area contributed by atoms with Crippen molar-refractivity contribution in [2.24, 2.45) is 5.10 Å². The van der Waals surface area contributed by atoms with E-state index in [0.717, 1.165) is 0 Å². The topological polar surface area (TPSA) is 94.7 Å². The van der Waals surface area contributed by atoms with E-state index in [9.17, 15) is 14.3 Å². The van der Waals surface area contributed by atoms with Crippen molar-refractivity contribution in [1.82, 2.24) is 5.43 Å². The molecule has 0 bridgehead atoms. The number of carbonyl (C=O) groups is 1. The highest BCUT2D eigenvalue weighted by Gasteiger charge is 2.31. The van der Waals surface area contributed by atoms with Crippen LogP contribution in [0.2, 0.25) is 0 Å². The van der Waals surface area contributed by atoms with Gasteiger partial charge in [-0.1, -0.05) is 6.92 Å². The lowest BCUT2D eigenvalue weighted by molar-refractivity contribution is -0.127. The summed E-state index contributed by atoms with van der Waals surface area (Å²) in [7, 11) is 0. The van der Waals surface area contributed by atoms with E-state index in [2.05, 4.69) is 10.5 Å². The number of phenolic OH excluding ortho intramolecular Hbond substituents is 1. The third-order valence-corrected chi connectivity index (χ3v) is 4.42. The van der Waals surface area contributed by atoms with E-state index in [4.69, 9.17) is 10.00 Å². The molecule has 1 aliphatic rings. The second-order valence-electron chi connectivity index (χ2n) is 6.39. The number of ether oxygens (including phenoxy) is 1. The Morgan fingerprint density at radius 3 is 2.74 bits per heavy atom. The van der Waals surface area contributed by atoms with E-state index in [1.54, 1.807) is 31.2 Å². The highest BCUT2D eigenvalue weighted by atomic mass is 19.1. The van der Waals surface area contributed by atoms with Gasteiger partial charge in [-0.2, -0.15) is 10.4 Å². The standard InChI is InChI=1S/C20H18FN3O3/c1-11-9-16(19-17(25)8-7-15(21)18(11)19)23-24-20(26)12(2)27-14-5-3-13(10-22)4-6-14/h3-8,11-12,25H,9H2,1-2H3,(H,24,26)/b23-16+/t11-,12+/m1/s1. The lowest BCUT2D eigenvalue weighted by Gasteiger charge is -2.13. The van der Waals surface area contributed by atoms with Gasteiger partial charge in [0.25, 0.3) is 5.91 Å². The van der Waals surface area contributed by atoms with E-state index in [1.165, 1.54) is 12.1 Å². The number of fused-ring (bicyclic) bond motifs is 1. The Morgan fingerprint density at radius 1 is 1.37 bits per heavy atom. The van der Waals surface area contributed by atoms with Crippen LogP contribution in [0.1, 0.15) is 42.9 Å². The zero-order valence-electron chi connectivity index (χ0n) is 14.9. The molecule has 0 heterocycles. The summed E-state index contributed by atoms with van der Waals surface area (Å²) in [6.45, 7) is 3.40. The Labute approximate surface area is 155 Å². The smallest absolute Gasteiger partial charge is 0.280 e. The summed E-state index contributed by atoms with van der Waals surface area (Å²) in [6.07, 6.45) is -0.420. The number of nitrogens with zero attached hydrogens (tertiary/aromatic N) is 2. The fraction of sp³-hybridized carbons (Fsp3) is 0.250. The van der Waals surface area contributed by atoms with Crippen LogP contribution >= 0.6 is 0 Å². The summed E-state index contributed by atoms with van der Waals surface area (Å²) < 4.78 is 19.5. The Bertz CT molecular complexity index is 948. The number of hydrogen-bond acceptors (Lipinski definition) is 5. The second-order valence-corrected chi connectivity index (χ2v) is 6.39. The molecule has 2 aromatic rings. The first-order valence-corrected chi connectivity index (χ1v) is 8.45. The largest absolute Gasteiger partial charge is 0.507 e. The minimum absolute atomic E-state index is 0.0642. The molecular formula is C20H18FN3O3. The van der Waals surface area contributed by atoms with Gasteiger partial charge in [-0.05, 0) is 55.7 Å². The zero-order valence-corrected chi connectivity index (χ0v) is 14.9. The van der Waals surface area contributed by atoms with E-state index >= 15 is 0 Å². The average molecular weight is 367 g/mol. The molecule has 1 aliphatic carbocycles. The molecule has 27 heavy (non-hydrogen) atoms. The summed E-state index contributed by atoms with van der Waals surface area (Å²) >= 11 is 0. The third-order valence-electron chi connectivity index (χ3n) is 4.42. The number of halogens is 1. The van der Waals surface area contributed by atoms with Crippen LogP contribution in [-0.4, -0.2) is 22.8 Å². The maximum atomic E-state index is 14.0. The summed E-state index contributed by atoms with van der Waals surface area (Å²) in [6, 6.07) is 10.9. The second kappa shape index (κ2) is 7.46. The van der Waals surface area contributed by atoms with Crippen molar-refractivity contribution in [1.29, 1.82) is 5.26 Å². The fourth-order valence-corrected chi connectivity index (χ4v) is 3.04. The number of carbonyl (C=O) groups excluding carboxylic acids is 1. The van der Waals surface area contributed by atoms with Crippen LogP contribution in [0.25, 0.3) is 0 Å². The van der Waals surface area contributed by atoms with Gasteiger partial charge in [0.15, 0.2) is 6.10 Å². The zero-order chi connectivity index (χ0) is 19.6. The maximum Gasteiger partial charge on any atom is 0.280 e. The number of hydrazone groups is 1. The monoisotopic (exact) mass is 367 g/mol. The van der Waals surface area contributed by atoms with Crippen LogP contribution in [0.4, 0.5) is 4.39 Å². The molecule has 2 aromatic carbocycles. The molecule has 7 heteroatoms. The number of nitrogens with one attached hydrogen (secondary N) is 1. The Hall–Kier alpha value is -3.40. The van der Waals surface area contributed by atoms with Crippen molar-refractivity contribution in [3.05, 3.63) is 58.9 Å². The van der Waals surface area contributed by atoms with Gasteiger partial charge in [-0.15, -0.1) is 0 Å². The van der Waals surface area contributed by atoms with Gasteiger partial charge >= 0.3 is 0 Å². The summed E-state index contributed by atoms with van der Waals surface area (Å²) in [5.41, 5.74) is 4.07. The minimum atomic E-state index is -0.832. The molecule has 0 fully saturated rings. The van der Waals surface area contributed by atoms with Crippen molar-refractivity contribution < 1.29 is 19.0 Å². The van der Waals surface area contributed by atoms with E-state index in [-0.39, 0.29) is 11.7 Å². The molecule has 1 amide bonds. The van der Waals surface area contributed by atoms with Crippen LogP contribution in [0.5, 0.6) is 11.5 Å². The Morgan fingerprint density at radius 2 is 2.07 bits per heavy atom. The Kier molecular flexibility index (Phi) is 5.08. The van der Waals surface area contributed by atoms with Crippen LogP contribution in [0.15, 0.2) is 41.5 Å². The van der Waals surface area contributed by atoms with Crippen molar-refractivity contribution in [3.63, 3.8) is 0 Å². The highest BCUT2D eigenvalue weighted by Crippen LogP contribution is 2.39. The van der Waals surface area contributed by atoms with Gasteiger partial charge in [0.2, 0.25) is 0 Å². The molecule has 2 atom stereocenters. The first-order chi connectivity index (χ1) is 12.9. The number of nitriles is 1. The quantitative estimate of drug-likeness (QED) is 0.812. The number of benzene rings is 2. The number of rotatable bonds is 4. The van der Waals surface area contributed by atoms with Gasteiger partial charge in [0, 0.05) is 11.1 Å². The van der Waals surface area contributed by atoms with Crippen molar-refractivity contribution in [3.8, 4) is 17.6 Å². The molecule has 0 aliphatic heterocycles. The van der Waals surface area contributed by atoms with Crippen LogP contribution in [-0.2, 0) is 4.79 Å². The molecule has 6 nitrogen and oxygen atoms in total. The molecule has 0 aromatic heterocycles. The number of phenols is 1. The Balaban J connectivity index is 1.70. The van der Waals surface area contributed by atoms with Gasteiger partial charge in [0.05, 0.1) is 17.3 Å². The fourth-order valence-electron chi connectivity index (χ4n) is 3.04. The van der Waals surface area contributed by atoms with Crippen LogP contribution in [0.3, 0.4) is 0 Å². The molecule has 3 rings (SSSR count). The van der Waals surface area contributed by atoms with Crippen molar-refractivity contribution in [2.75, 3.05) is 0 Å². The lowest BCUT2D eigenvalue weighted by atomic mass is 10.0. The molecular weight excluding hydrogens is 349 g/mol. The maximum absolute atomic E-state index is 14.0. The average Bonchev–Trinajstić information content (AvgIpc) is 3.01. The highest BCUT2D eigenvalue weighted by molar-refractivity contribution is 6.07. The lowest BCUT2D eigenvalue weighted by Crippen LogP contribution is -2.34. The molecule has 0 spiro atoms. The normalized spacial score (nSPS) is 17.9. The van der Waals surface area contributed by atoms with Crippen LogP contribution in [0, 0.1) is 17.1 Å². The SMILES string of the molecule is C[C@H](Oc1ccc(C#N)cc1)C(=O)N/N=C1\C[C@@H](C)c2c(F)ccc(O)c21. The van der Waals surface area contributed by atoms with Gasteiger partial charge in [0.1, 0.15) is 17.3 Å². The molecule has 138 valence electrons. The molecule has 0 saturated carbocycles. The van der Waals surface area contributed by atoms with E-state index < -0.39 is 17.8 Å². The molecule has 0 saturated heterocycles. The predicted molar refractivity (Wildman–Crippen MR) is 97.0 cm³/mol. The van der Waals surface area contributed by atoms with E-state index in [0.29, 0.717) is 34.6 Å². The molecule has 0 unspecified atom stereocenters. The van der Waals surface area contributed by atoms with Crippen LogP contribution < -0.4 is 10.2 Å². The summed E-state index contributed by atoms with van der Waals surface area (Å²) in [5, 5.41) is 22.9. The molecule has 0 radical (unpaired) electrons. The van der Waals surface area contributed by atoms with Gasteiger partial charge in [-0.25, -0.2) is 9.82 Å². The first kappa shape index (κ1) is 18.4. The number of amides is 1. The van der Waals surface area contributed by atoms with Crippen molar-refractivity contribution in [2.45, 2.75) is 32.3 Å². The predicted octanol–water partition coefficient (Wildman–Crippen LogP) is 3.20. The summed E-state index contributed by atoms with van der Waals surface area (Å²) in [4.78, 5) is 12.2. The first-order valence-electron chi connectivity index (χ1n) is 8.45. The third kappa shape index (κ3) is 3.75. The van der Waals surface area contributed by atoms with Gasteiger partial charge < -0.3 is 9.84 Å².